The molecule has 0 amide bonds. The van der Waals surface area contributed by atoms with Crippen molar-refractivity contribution in [3.05, 3.63) is 17.8 Å². The van der Waals surface area contributed by atoms with Crippen LogP contribution in [0.15, 0.2) is 10.6 Å². The number of likely N-dealkylation sites (tertiary alicyclic amines) is 1. The molecular weight excluding hydrogens is 261 g/mol. The van der Waals surface area contributed by atoms with Gasteiger partial charge in [0.2, 0.25) is 5.89 Å². The molecule has 1 aromatic heterocycles. The van der Waals surface area contributed by atoms with Gasteiger partial charge in [0.15, 0.2) is 0 Å². The first-order chi connectivity index (χ1) is 7.28. The van der Waals surface area contributed by atoms with Gasteiger partial charge in [0.05, 0.1) is 12.7 Å². The molecule has 6 heteroatoms. The van der Waals surface area contributed by atoms with E-state index in [-0.39, 0.29) is 24.8 Å². The average Bonchev–Trinajstić information content (AvgIpc) is 2.78. The fourth-order valence-electron chi connectivity index (χ4n) is 2.18. The molecule has 0 aliphatic carbocycles. The Labute approximate surface area is 115 Å². The van der Waals surface area contributed by atoms with E-state index in [1.165, 1.54) is 6.42 Å². The van der Waals surface area contributed by atoms with Crippen molar-refractivity contribution in [3.63, 3.8) is 0 Å². The molecule has 1 saturated heterocycles. The van der Waals surface area contributed by atoms with Crippen LogP contribution < -0.4 is 5.32 Å². The molecule has 2 heterocycles. The Morgan fingerprint density at radius 2 is 2.29 bits per heavy atom. The van der Waals surface area contributed by atoms with Crippen LogP contribution in [0.1, 0.15) is 18.1 Å². The number of nitrogens with one attached hydrogen (secondary N) is 1. The third-order valence-electron chi connectivity index (χ3n) is 2.89. The summed E-state index contributed by atoms with van der Waals surface area (Å²) in [6.07, 6.45) is 3.07. The number of halogens is 2. The number of hydrogen-bond donors (Lipinski definition) is 1. The Balaban J connectivity index is 0.00000128. The molecule has 1 aromatic rings. The molecule has 1 fully saturated rings. The molecule has 2 rings (SSSR count). The van der Waals surface area contributed by atoms with Crippen molar-refractivity contribution >= 4 is 24.8 Å². The van der Waals surface area contributed by atoms with Gasteiger partial charge in [-0.05, 0) is 39.4 Å². The molecule has 1 aliphatic heterocycles. The van der Waals surface area contributed by atoms with Crippen LogP contribution >= 0.6 is 24.8 Å². The van der Waals surface area contributed by atoms with Gasteiger partial charge in [0.1, 0.15) is 5.76 Å². The molecule has 0 saturated carbocycles. The summed E-state index contributed by atoms with van der Waals surface area (Å²) in [5.41, 5.74) is 0. The van der Waals surface area contributed by atoms with Gasteiger partial charge in [-0.1, -0.05) is 0 Å². The number of aromatic nitrogens is 1. The maximum Gasteiger partial charge on any atom is 0.208 e. The molecule has 1 aliphatic rings. The molecule has 100 valence electrons. The zero-order valence-corrected chi connectivity index (χ0v) is 11.9. The number of aryl methyl sites for hydroxylation is 1. The smallest absolute Gasteiger partial charge is 0.208 e. The molecule has 1 N–H and O–H groups in total. The molecule has 1 unspecified atom stereocenters. The topological polar surface area (TPSA) is 41.3 Å². The van der Waals surface area contributed by atoms with E-state index in [2.05, 4.69) is 15.2 Å². The summed E-state index contributed by atoms with van der Waals surface area (Å²) in [5.74, 6) is 2.53. The number of hydrogen-bond acceptors (Lipinski definition) is 4. The van der Waals surface area contributed by atoms with E-state index in [1.807, 2.05) is 14.0 Å². The third-order valence-corrected chi connectivity index (χ3v) is 2.89. The van der Waals surface area contributed by atoms with Crippen molar-refractivity contribution in [2.75, 3.05) is 26.7 Å². The number of oxazole rings is 1. The van der Waals surface area contributed by atoms with Gasteiger partial charge in [0.25, 0.3) is 0 Å². The zero-order chi connectivity index (χ0) is 10.7. The van der Waals surface area contributed by atoms with E-state index >= 15 is 0 Å². The lowest BCUT2D eigenvalue weighted by molar-refractivity contribution is 0.277. The average molecular weight is 282 g/mol. The van der Waals surface area contributed by atoms with E-state index in [0.717, 1.165) is 43.7 Å². The first-order valence-corrected chi connectivity index (χ1v) is 5.56. The Morgan fingerprint density at radius 3 is 2.88 bits per heavy atom. The molecule has 0 spiro atoms. The lowest BCUT2D eigenvalue weighted by atomic mass is 10.1. The van der Waals surface area contributed by atoms with Crippen LogP contribution in [0.5, 0.6) is 0 Å². The standard InChI is InChI=1S/C11H19N3O.2ClH/c1-9-5-13-11(15-9)8-14-4-3-10(7-14)6-12-2;;/h5,10,12H,3-4,6-8H2,1-2H3;2*1H. The highest BCUT2D eigenvalue weighted by Crippen LogP contribution is 2.17. The predicted molar refractivity (Wildman–Crippen MR) is 73.0 cm³/mol. The van der Waals surface area contributed by atoms with Crippen molar-refractivity contribution in [1.29, 1.82) is 0 Å². The van der Waals surface area contributed by atoms with Crippen molar-refractivity contribution in [2.45, 2.75) is 19.9 Å². The lowest BCUT2D eigenvalue weighted by Crippen LogP contribution is -2.24. The fraction of sp³-hybridized carbons (Fsp3) is 0.727. The van der Waals surface area contributed by atoms with Gasteiger partial charge in [-0.25, -0.2) is 4.98 Å². The third kappa shape index (κ3) is 4.84. The Hall–Kier alpha value is -0.290. The molecule has 0 radical (unpaired) electrons. The van der Waals surface area contributed by atoms with Gasteiger partial charge >= 0.3 is 0 Å². The normalized spacial score (nSPS) is 19.8. The quantitative estimate of drug-likeness (QED) is 0.915. The van der Waals surface area contributed by atoms with Crippen LogP contribution in [0.4, 0.5) is 0 Å². The maximum atomic E-state index is 5.47. The van der Waals surface area contributed by atoms with E-state index < -0.39 is 0 Å². The summed E-state index contributed by atoms with van der Waals surface area (Å²) in [4.78, 5) is 6.64. The summed E-state index contributed by atoms with van der Waals surface area (Å²) in [6, 6.07) is 0. The van der Waals surface area contributed by atoms with Crippen molar-refractivity contribution < 1.29 is 4.42 Å². The second-order valence-electron chi connectivity index (χ2n) is 4.31. The molecule has 4 nitrogen and oxygen atoms in total. The second-order valence-corrected chi connectivity index (χ2v) is 4.31. The van der Waals surface area contributed by atoms with Gasteiger partial charge < -0.3 is 9.73 Å². The molecule has 0 bridgehead atoms. The first kappa shape index (κ1) is 16.7. The number of rotatable bonds is 4. The Morgan fingerprint density at radius 1 is 1.53 bits per heavy atom. The minimum Gasteiger partial charge on any atom is -0.445 e. The minimum atomic E-state index is 0. The van der Waals surface area contributed by atoms with E-state index in [9.17, 15) is 0 Å². The van der Waals surface area contributed by atoms with Crippen LogP contribution in [-0.4, -0.2) is 36.6 Å². The van der Waals surface area contributed by atoms with Crippen LogP contribution in [0, 0.1) is 12.8 Å². The monoisotopic (exact) mass is 281 g/mol. The van der Waals surface area contributed by atoms with Crippen molar-refractivity contribution in [1.82, 2.24) is 15.2 Å². The molecule has 17 heavy (non-hydrogen) atoms. The van der Waals surface area contributed by atoms with Crippen LogP contribution in [-0.2, 0) is 6.54 Å². The summed E-state index contributed by atoms with van der Waals surface area (Å²) >= 11 is 0. The maximum absolute atomic E-state index is 5.47. The molecular formula is C11H21Cl2N3O. The molecule has 1 atom stereocenters. The first-order valence-electron chi connectivity index (χ1n) is 5.56. The largest absolute Gasteiger partial charge is 0.445 e. The minimum absolute atomic E-state index is 0. The summed E-state index contributed by atoms with van der Waals surface area (Å²) in [5, 5.41) is 3.23. The Bertz CT molecular complexity index is 319. The van der Waals surface area contributed by atoms with E-state index in [0.29, 0.717) is 0 Å². The van der Waals surface area contributed by atoms with Gasteiger partial charge in [0, 0.05) is 6.54 Å². The van der Waals surface area contributed by atoms with Gasteiger partial charge in [-0.15, -0.1) is 24.8 Å². The number of nitrogens with zero attached hydrogens (tertiary/aromatic N) is 2. The van der Waals surface area contributed by atoms with Gasteiger partial charge in [-0.3, -0.25) is 4.90 Å². The highest BCUT2D eigenvalue weighted by Gasteiger charge is 2.22. The van der Waals surface area contributed by atoms with E-state index in [4.69, 9.17) is 4.42 Å². The zero-order valence-electron chi connectivity index (χ0n) is 10.3. The van der Waals surface area contributed by atoms with Crippen LogP contribution in [0.25, 0.3) is 0 Å². The van der Waals surface area contributed by atoms with Crippen LogP contribution in [0.2, 0.25) is 0 Å². The van der Waals surface area contributed by atoms with Crippen molar-refractivity contribution in [3.8, 4) is 0 Å². The fourth-order valence-corrected chi connectivity index (χ4v) is 2.18. The highest BCUT2D eigenvalue weighted by molar-refractivity contribution is 5.85. The van der Waals surface area contributed by atoms with E-state index in [1.54, 1.807) is 6.20 Å². The van der Waals surface area contributed by atoms with Crippen molar-refractivity contribution in [2.24, 2.45) is 5.92 Å². The summed E-state index contributed by atoms with van der Waals surface area (Å²) in [7, 11) is 2.01. The molecule has 0 aromatic carbocycles. The SMILES string of the molecule is CNCC1CCN(Cc2ncc(C)o2)C1.Cl.Cl. The van der Waals surface area contributed by atoms with Crippen LogP contribution in [0.3, 0.4) is 0 Å². The second kappa shape index (κ2) is 7.93. The Kier molecular flexibility index (Phi) is 7.79. The van der Waals surface area contributed by atoms with Gasteiger partial charge in [-0.2, -0.15) is 0 Å². The predicted octanol–water partition coefficient (Wildman–Crippen LogP) is 1.87. The summed E-state index contributed by atoms with van der Waals surface area (Å²) in [6.45, 7) is 6.22. The lowest BCUT2D eigenvalue weighted by Gasteiger charge is -2.13. The summed E-state index contributed by atoms with van der Waals surface area (Å²) < 4.78 is 5.47. The highest BCUT2D eigenvalue weighted by atomic mass is 35.5.